The highest BCUT2D eigenvalue weighted by molar-refractivity contribution is 8.14. The molecule has 126 valence electrons. The molecule has 2 rings (SSSR count). The number of nitrogens with two attached hydrogens (primary N) is 1. The van der Waals surface area contributed by atoms with Gasteiger partial charge in [0.25, 0.3) is 5.91 Å². The minimum Gasteiger partial charge on any atom is -0.493 e. The summed E-state index contributed by atoms with van der Waals surface area (Å²) < 4.78 is 5.62. The second-order valence-electron chi connectivity index (χ2n) is 5.18. The van der Waals surface area contributed by atoms with E-state index in [1.807, 2.05) is 19.1 Å². The number of hydrogen-bond donors (Lipinski definition) is 3. The number of nitrogens with one attached hydrogen (secondary N) is 2. The number of thioether (sulfide) groups is 1. The van der Waals surface area contributed by atoms with Gasteiger partial charge in [0.15, 0.2) is 5.17 Å². The van der Waals surface area contributed by atoms with E-state index < -0.39 is 0 Å². The number of benzene rings is 1. The van der Waals surface area contributed by atoms with Crippen molar-refractivity contribution in [2.24, 2.45) is 10.7 Å². The lowest BCUT2D eigenvalue weighted by atomic mass is 10.1. The molecule has 0 aliphatic carbocycles. The predicted molar refractivity (Wildman–Crippen MR) is 96.3 cm³/mol. The molecule has 4 N–H and O–H groups in total. The van der Waals surface area contributed by atoms with Gasteiger partial charge >= 0.3 is 0 Å². The second-order valence-corrected chi connectivity index (χ2v) is 6.41. The fraction of sp³-hybridized carbons (Fsp3) is 0.500. The number of ether oxygens (including phenoxy) is 1. The van der Waals surface area contributed by atoms with Crippen LogP contribution in [-0.4, -0.2) is 36.1 Å². The van der Waals surface area contributed by atoms with E-state index in [0.29, 0.717) is 29.6 Å². The van der Waals surface area contributed by atoms with Gasteiger partial charge in [-0.2, -0.15) is 0 Å². The van der Waals surface area contributed by atoms with E-state index in [4.69, 9.17) is 10.5 Å². The van der Waals surface area contributed by atoms with Gasteiger partial charge in [0, 0.05) is 18.3 Å². The Morgan fingerprint density at radius 1 is 1.48 bits per heavy atom. The Kier molecular flexibility index (Phi) is 6.73. The lowest BCUT2D eigenvalue weighted by molar-refractivity contribution is 0.0974. The van der Waals surface area contributed by atoms with Crippen LogP contribution in [0.25, 0.3) is 0 Å². The van der Waals surface area contributed by atoms with Gasteiger partial charge in [0.2, 0.25) is 0 Å². The summed E-state index contributed by atoms with van der Waals surface area (Å²) in [7, 11) is 0. The van der Waals surface area contributed by atoms with E-state index in [-0.39, 0.29) is 11.3 Å². The maximum atomic E-state index is 12.4. The summed E-state index contributed by atoms with van der Waals surface area (Å²) in [5, 5.41) is 6.61. The third kappa shape index (κ3) is 5.14. The molecular formula is C16H24N4O2S. The van der Waals surface area contributed by atoms with Crippen molar-refractivity contribution in [3.63, 3.8) is 0 Å². The van der Waals surface area contributed by atoms with E-state index in [1.165, 1.54) is 11.8 Å². The van der Waals surface area contributed by atoms with Crippen LogP contribution in [0.2, 0.25) is 0 Å². The van der Waals surface area contributed by atoms with Crippen LogP contribution in [0, 0.1) is 0 Å². The summed E-state index contributed by atoms with van der Waals surface area (Å²) >= 11 is 1.37. The van der Waals surface area contributed by atoms with Crippen LogP contribution in [0.3, 0.4) is 0 Å². The molecule has 0 radical (unpaired) electrons. The molecule has 23 heavy (non-hydrogen) atoms. The number of rotatable bonds is 7. The second kappa shape index (κ2) is 8.79. The van der Waals surface area contributed by atoms with Crippen LogP contribution in [0.15, 0.2) is 23.2 Å². The van der Waals surface area contributed by atoms with Crippen molar-refractivity contribution < 1.29 is 9.53 Å². The van der Waals surface area contributed by atoms with E-state index in [0.717, 1.165) is 25.1 Å². The van der Waals surface area contributed by atoms with Crippen molar-refractivity contribution in [2.45, 2.75) is 32.1 Å². The Morgan fingerprint density at radius 3 is 2.96 bits per heavy atom. The molecule has 0 saturated carbocycles. The number of carbonyl (C=O) groups is 1. The van der Waals surface area contributed by atoms with E-state index in [9.17, 15) is 4.79 Å². The van der Waals surface area contributed by atoms with Gasteiger partial charge in [-0.25, -0.2) is 0 Å². The zero-order chi connectivity index (χ0) is 16.7. The Hall–Kier alpha value is -1.73. The minimum absolute atomic E-state index is 0.0817. The van der Waals surface area contributed by atoms with Crippen molar-refractivity contribution in [1.29, 1.82) is 0 Å². The van der Waals surface area contributed by atoms with E-state index >= 15 is 0 Å². The normalized spacial score (nSPS) is 16.8. The molecule has 1 aromatic carbocycles. The number of hydrogen-bond acceptors (Lipinski definition) is 6. The van der Waals surface area contributed by atoms with Crippen LogP contribution in [0.5, 0.6) is 5.75 Å². The molecule has 0 fully saturated rings. The van der Waals surface area contributed by atoms with Gasteiger partial charge in [-0.15, -0.1) is 0 Å². The summed E-state index contributed by atoms with van der Waals surface area (Å²) in [6, 6.07) is 5.53. The standard InChI is InChI=1S/C16H24N4O2S/c1-3-5-8-18-11-6-7-12(13(9-11)22-4-2)15(21)20-16-19-10-14(17)23-16/h6-7,9,14,18H,3-5,8,10,17H2,1-2H3,(H,19,20,21). The summed E-state index contributed by atoms with van der Waals surface area (Å²) in [5.74, 6) is 0.341. The van der Waals surface area contributed by atoms with E-state index in [2.05, 4.69) is 22.5 Å². The highest BCUT2D eigenvalue weighted by atomic mass is 32.2. The lowest BCUT2D eigenvalue weighted by Crippen LogP contribution is -2.28. The highest BCUT2D eigenvalue weighted by Gasteiger charge is 2.20. The Labute approximate surface area is 141 Å². The molecule has 0 aromatic heterocycles. The molecule has 0 spiro atoms. The smallest absolute Gasteiger partial charge is 0.260 e. The topological polar surface area (TPSA) is 88.7 Å². The zero-order valence-corrected chi connectivity index (χ0v) is 14.4. The number of unbranched alkanes of at least 4 members (excludes halogenated alkanes) is 1. The molecule has 1 aliphatic heterocycles. The molecule has 1 aliphatic rings. The van der Waals surface area contributed by atoms with Crippen LogP contribution < -0.4 is 21.1 Å². The highest BCUT2D eigenvalue weighted by Crippen LogP contribution is 2.24. The summed E-state index contributed by atoms with van der Waals surface area (Å²) in [6.07, 6.45) is 2.23. The third-order valence-corrected chi connectivity index (χ3v) is 4.19. The summed E-state index contributed by atoms with van der Waals surface area (Å²) in [4.78, 5) is 16.6. The predicted octanol–water partition coefficient (Wildman–Crippen LogP) is 2.41. The van der Waals surface area contributed by atoms with Crippen molar-refractivity contribution >= 4 is 28.5 Å². The minimum atomic E-state index is -0.228. The quantitative estimate of drug-likeness (QED) is 0.666. The van der Waals surface area contributed by atoms with Crippen LogP contribution in [0.4, 0.5) is 5.69 Å². The van der Waals surface area contributed by atoms with Crippen molar-refractivity contribution in [3.8, 4) is 5.75 Å². The fourth-order valence-corrected chi connectivity index (χ4v) is 2.87. The Morgan fingerprint density at radius 2 is 2.30 bits per heavy atom. The first-order chi connectivity index (χ1) is 11.1. The van der Waals surface area contributed by atoms with Crippen molar-refractivity contribution in [2.75, 3.05) is 25.0 Å². The number of anilines is 1. The monoisotopic (exact) mass is 336 g/mol. The Balaban J connectivity index is 2.08. The van der Waals surface area contributed by atoms with Crippen molar-refractivity contribution in [3.05, 3.63) is 23.8 Å². The maximum absolute atomic E-state index is 12.4. The lowest BCUT2D eigenvalue weighted by Gasteiger charge is -2.13. The van der Waals surface area contributed by atoms with Gasteiger partial charge in [0.05, 0.1) is 24.1 Å². The summed E-state index contributed by atoms with van der Waals surface area (Å²) in [5.41, 5.74) is 7.21. The molecule has 1 amide bonds. The Bertz CT molecular complexity index is 577. The number of carbonyl (C=O) groups excluding carboxylic acids is 1. The maximum Gasteiger partial charge on any atom is 0.260 e. The van der Waals surface area contributed by atoms with Gasteiger partial charge in [-0.3, -0.25) is 9.79 Å². The van der Waals surface area contributed by atoms with Gasteiger partial charge in [-0.1, -0.05) is 25.1 Å². The molecule has 1 unspecified atom stereocenters. The molecular weight excluding hydrogens is 312 g/mol. The largest absolute Gasteiger partial charge is 0.493 e. The molecule has 0 saturated heterocycles. The first kappa shape index (κ1) is 17.6. The fourth-order valence-electron chi connectivity index (χ4n) is 2.13. The van der Waals surface area contributed by atoms with Crippen LogP contribution in [-0.2, 0) is 0 Å². The first-order valence-electron chi connectivity index (χ1n) is 7.92. The third-order valence-electron chi connectivity index (χ3n) is 3.28. The van der Waals surface area contributed by atoms with Gasteiger partial charge in [0.1, 0.15) is 5.75 Å². The number of amidine groups is 1. The molecule has 7 heteroatoms. The molecule has 0 bridgehead atoms. The van der Waals surface area contributed by atoms with E-state index in [1.54, 1.807) is 6.07 Å². The molecule has 6 nitrogen and oxygen atoms in total. The molecule has 1 atom stereocenters. The van der Waals surface area contributed by atoms with Crippen molar-refractivity contribution in [1.82, 2.24) is 5.32 Å². The number of nitrogens with zero attached hydrogens (tertiary/aromatic N) is 1. The molecule has 1 heterocycles. The average molecular weight is 336 g/mol. The number of amides is 1. The van der Waals surface area contributed by atoms with Crippen LogP contribution in [0.1, 0.15) is 37.0 Å². The number of aliphatic imine (C=N–C) groups is 1. The van der Waals surface area contributed by atoms with Gasteiger partial charge in [-0.05, 0) is 25.5 Å². The average Bonchev–Trinajstić information content (AvgIpc) is 2.93. The molecule has 1 aromatic rings. The zero-order valence-electron chi connectivity index (χ0n) is 13.6. The van der Waals surface area contributed by atoms with Crippen LogP contribution >= 0.6 is 11.8 Å². The summed E-state index contributed by atoms with van der Waals surface area (Å²) in [6.45, 7) is 5.97. The first-order valence-corrected chi connectivity index (χ1v) is 8.80. The SMILES string of the molecule is CCCCNc1ccc(C(=O)NC2=NCC(N)S2)c(OCC)c1. The van der Waals surface area contributed by atoms with Gasteiger partial charge < -0.3 is 21.1 Å².